The van der Waals surface area contributed by atoms with Crippen molar-refractivity contribution in [1.82, 2.24) is 4.98 Å². The quantitative estimate of drug-likeness (QED) is 0.602. The molecule has 0 saturated carbocycles. The average molecular weight is 259 g/mol. The summed E-state index contributed by atoms with van der Waals surface area (Å²) in [5.41, 5.74) is -0.956. The Hall–Kier alpha value is -1.67. The molecular weight excluding hydrogens is 253 g/mol. The SMILES string of the molecule is O=Cc1oc(OCCC(F)(F)F)nc1C(F)F. The molecule has 1 aromatic rings. The van der Waals surface area contributed by atoms with Crippen molar-refractivity contribution in [2.75, 3.05) is 6.61 Å². The van der Waals surface area contributed by atoms with Crippen LogP contribution in [0.1, 0.15) is 29.1 Å². The molecule has 0 amide bonds. The number of carbonyl (C=O) groups is 1. The topological polar surface area (TPSA) is 52.3 Å². The van der Waals surface area contributed by atoms with Crippen molar-refractivity contribution in [3.05, 3.63) is 11.5 Å². The fourth-order valence-electron chi connectivity index (χ4n) is 0.879. The Balaban J connectivity index is 2.64. The van der Waals surface area contributed by atoms with Gasteiger partial charge >= 0.3 is 12.3 Å². The highest BCUT2D eigenvalue weighted by atomic mass is 19.4. The van der Waals surface area contributed by atoms with E-state index in [1.165, 1.54) is 0 Å². The molecule has 0 aliphatic carbocycles. The van der Waals surface area contributed by atoms with Gasteiger partial charge in [-0.2, -0.15) is 18.2 Å². The monoisotopic (exact) mass is 259 g/mol. The molecule has 0 unspecified atom stereocenters. The maximum Gasteiger partial charge on any atom is 0.394 e. The van der Waals surface area contributed by atoms with Crippen molar-refractivity contribution in [3.8, 4) is 6.08 Å². The molecule has 1 rings (SSSR count). The molecule has 96 valence electrons. The predicted octanol–water partition coefficient (Wildman–Crippen LogP) is 2.76. The molecular formula is C8H6F5NO3. The van der Waals surface area contributed by atoms with Gasteiger partial charge in [0.15, 0.2) is 17.7 Å². The smallest absolute Gasteiger partial charge is 0.394 e. The summed E-state index contributed by atoms with van der Waals surface area (Å²) in [5.74, 6) is -0.762. The number of nitrogens with zero attached hydrogens (tertiary/aromatic N) is 1. The van der Waals surface area contributed by atoms with E-state index in [0.717, 1.165) is 0 Å². The highest BCUT2D eigenvalue weighted by Gasteiger charge is 2.28. The number of alkyl halides is 5. The van der Waals surface area contributed by atoms with Crippen molar-refractivity contribution >= 4 is 6.29 Å². The summed E-state index contributed by atoms with van der Waals surface area (Å²) in [6.45, 7) is -0.828. The first kappa shape index (κ1) is 13.4. The van der Waals surface area contributed by atoms with Gasteiger partial charge in [-0.25, -0.2) is 8.78 Å². The molecule has 1 aromatic heterocycles. The summed E-state index contributed by atoms with van der Waals surface area (Å²) in [4.78, 5) is 13.3. The van der Waals surface area contributed by atoms with E-state index in [2.05, 4.69) is 14.1 Å². The van der Waals surface area contributed by atoms with Crippen molar-refractivity contribution in [2.45, 2.75) is 19.0 Å². The van der Waals surface area contributed by atoms with Crippen LogP contribution in [0.4, 0.5) is 22.0 Å². The van der Waals surface area contributed by atoms with Gasteiger partial charge < -0.3 is 9.15 Å². The first-order chi connectivity index (χ1) is 7.83. The summed E-state index contributed by atoms with van der Waals surface area (Å²) in [7, 11) is 0. The standard InChI is InChI=1S/C8H6F5NO3/c9-6(10)5-4(3-15)17-7(14-5)16-2-1-8(11,12)13/h3,6H,1-2H2. The third-order valence-electron chi connectivity index (χ3n) is 1.59. The van der Waals surface area contributed by atoms with Crippen LogP contribution in [-0.2, 0) is 0 Å². The van der Waals surface area contributed by atoms with Crippen LogP contribution in [0.5, 0.6) is 6.08 Å². The molecule has 1 heterocycles. The Morgan fingerprint density at radius 1 is 1.41 bits per heavy atom. The molecule has 0 fully saturated rings. The first-order valence-electron chi connectivity index (χ1n) is 4.27. The molecule has 0 spiro atoms. The highest BCUT2D eigenvalue weighted by molar-refractivity contribution is 5.72. The summed E-state index contributed by atoms with van der Waals surface area (Å²) in [6.07, 6.45) is -9.60. The second kappa shape index (κ2) is 5.11. The van der Waals surface area contributed by atoms with E-state index in [-0.39, 0.29) is 6.29 Å². The number of ether oxygens (including phenoxy) is 1. The van der Waals surface area contributed by atoms with Crippen molar-refractivity contribution in [2.24, 2.45) is 0 Å². The van der Waals surface area contributed by atoms with E-state index in [4.69, 9.17) is 0 Å². The molecule has 0 radical (unpaired) electrons. The van der Waals surface area contributed by atoms with Gasteiger partial charge in [0.2, 0.25) is 0 Å². The second-order valence-corrected chi connectivity index (χ2v) is 2.86. The molecule has 0 bridgehead atoms. The number of hydrogen-bond acceptors (Lipinski definition) is 4. The highest BCUT2D eigenvalue weighted by Crippen LogP contribution is 2.26. The molecule has 0 N–H and O–H groups in total. The molecule has 0 atom stereocenters. The Labute approximate surface area is 91.4 Å². The van der Waals surface area contributed by atoms with Gasteiger partial charge in [-0.05, 0) is 0 Å². The number of rotatable bonds is 5. The zero-order valence-corrected chi connectivity index (χ0v) is 8.13. The largest absolute Gasteiger partial charge is 0.450 e. The lowest BCUT2D eigenvalue weighted by molar-refractivity contribution is -0.140. The second-order valence-electron chi connectivity index (χ2n) is 2.86. The minimum absolute atomic E-state index is 0.0227. The number of oxazole rings is 1. The number of aldehydes is 1. The first-order valence-corrected chi connectivity index (χ1v) is 4.27. The predicted molar refractivity (Wildman–Crippen MR) is 43.0 cm³/mol. The number of hydrogen-bond donors (Lipinski definition) is 0. The van der Waals surface area contributed by atoms with Gasteiger partial charge in [-0.15, -0.1) is 0 Å². The Kier molecular flexibility index (Phi) is 4.02. The van der Waals surface area contributed by atoms with E-state index < -0.39 is 43.2 Å². The fourth-order valence-corrected chi connectivity index (χ4v) is 0.879. The lowest BCUT2D eigenvalue weighted by Gasteiger charge is -2.04. The van der Waals surface area contributed by atoms with E-state index in [0.29, 0.717) is 0 Å². The summed E-state index contributed by atoms with van der Waals surface area (Å²) < 4.78 is 68.4. The zero-order chi connectivity index (χ0) is 13.1. The minimum atomic E-state index is -4.44. The van der Waals surface area contributed by atoms with Crippen molar-refractivity contribution in [1.29, 1.82) is 0 Å². The van der Waals surface area contributed by atoms with Gasteiger partial charge in [0.25, 0.3) is 6.43 Å². The van der Waals surface area contributed by atoms with Gasteiger partial charge in [0.05, 0.1) is 6.42 Å². The lowest BCUT2D eigenvalue weighted by Crippen LogP contribution is -2.13. The molecule has 4 nitrogen and oxygen atoms in total. The molecule has 0 saturated heterocycles. The number of carbonyl (C=O) groups excluding carboxylic acids is 1. The van der Waals surface area contributed by atoms with Gasteiger partial charge in [0, 0.05) is 0 Å². The van der Waals surface area contributed by atoms with Gasteiger partial charge in [-0.3, -0.25) is 4.79 Å². The maximum absolute atomic E-state index is 12.2. The Morgan fingerprint density at radius 2 is 2.06 bits per heavy atom. The summed E-state index contributed by atoms with van der Waals surface area (Å²) >= 11 is 0. The summed E-state index contributed by atoms with van der Waals surface area (Å²) in [5, 5.41) is 0. The van der Waals surface area contributed by atoms with Crippen LogP contribution in [0.2, 0.25) is 0 Å². The zero-order valence-electron chi connectivity index (χ0n) is 8.13. The van der Waals surface area contributed by atoms with Crippen LogP contribution >= 0.6 is 0 Å². The molecule has 0 aromatic carbocycles. The van der Waals surface area contributed by atoms with Gasteiger partial charge in [0.1, 0.15) is 6.61 Å². The van der Waals surface area contributed by atoms with Crippen LogP contribution in [0, 0.1) is 0 Å². The Bertz CT molecular complexity index is 387. The third kappa shape index (κ3) is 4.00. The van der Waals surface area contributed by atoms with E-state index >= 15 is 0 Å². The molecule has 9 heteroatoms. The molecule has 0 aliphatic heterocycles. The average Bonchev–Trinajstić information content (AvgIpc) is 2.59. The number of halogens is 5. The maximum atomic E-state index is 12.2. The minimum Gasteiger partial charge on any atom is -0.450 e. The van der Waals surface area contributed by atoms with Crippen molar-refractivity contribution in [3.63, 3.8) is 0 Å². The molecule has 0 aliphatic rings. The fraction of sp³-hybridized carbons (Fsp3) is 0.500. The van der Waals surface area contributed by atoms with Crippen LogP contribution in [0.15, 0.2) is 4.42 Å². The van der Waals surface area contributed by atoms with Crippen LogP contribution in [-0.4, -0.2) is 24.1 Å². The number of aromatic nitrogens is 1. The van der Waals surface area contributed by atoms with Crippen LogP contribution < -0.4 is 4.74 Å². The van der Waals surface area contributed by atoms with Crippen LogP contribution in [0.3, 0.4) is 0 Å². The van der Waals surface area contributed by atoms with Crippen molar-refractivity contribution < 1.29 is 35.9 Å². The van der Waals surface area contributed by atoms with Gasteiger partial charge in [-0.1, -0.05) is 0 Å². The van der Waals surface area contributed by atoms with E-state index in [1.807, 2.05) is 0 Å². The summed E-state index contributed by atoms with van der Waals surface area (Å²) in [6, 6.07) is 0. The normalized spacial score (nSPS) is 11.9. The Morgan fingerprint density at radius 3 is 2.47 bits per heavy atom. The third-order valence-corrected chi connectivity index (χ3v) is 1.59. The van der Waals surface area contributed by atoms with E-state index in [9.17, 15) is 26.7 Å². The molecule has 17 heavy (non-hydrogen) atoms. The van der Waals surface area contributed by atoms with E-state index in [1.54, 1.807) is 0 Å². The van der Waals surface area contributed by atoms with Crippen LogP contribution in [0.25, 0.3) is 0 Å². The lowest BCUT2D eigenvalue weighted by atomic mass is 10.4.